The lowest BCUT2D eigenvalue weighted by Gasteiger charge is -2.25. The Labute approximate surface area is 119 Å². The molecule has 0 radical (unpaired) electrons. The molecule has 3 unspecified atom stereocenters. The standard InChI is InChI=1S/C15H23N3O2/c1-10-7-8-18(14(10)9-19)15(20)17-13-5-3-12(4-6-13)11(2)16/h3-6,10-11,14,19H,7-9,16H2,1-2H3,(H,17,20). The maximum absolute atomic E-state index is 12.2. The summed E-state index contributed by atoms with van der Waals surface area (Å²) >= 11 is 0. The molecule has 1 fully saturated rings. The molecule has 2 amide bonds. The van der Waals surface area contributed by atoms with Crippen LogP contribution in [0, 0.1) is 5.92 Å². The van der Waals surface area contributed by atoms with Gasteiger partial charge in [0.25, 0.3) is 0 Å². The van der Waals surface area contributed by atoms with Crippen LogP contribution in [0.2, 0.25) is 0 Å². The zero-order valence-corrected chi connectivity index (χ0v) is 12.0. The van der Waals surface area contributed by atoms with Crippen LogP contribution in [-0.2, 0) is 0 Å². The molecule has 5 heteroatoms. The number of aliphatic hydroxyl groups is 1. The Morgan fingerprint density at radius 1 is 1.50 bits per heavy atom. The summed E-state index contributed by atoms with van der Waals surface area (Å²) in [5, 5.41) is 12.3. The molecule has 1 saturated heterocycles. The van der Waals surface area contributed by atoms with E-state index in [9.17, 15) is 9.90 Å². The molecule has 1 aliphatic heterocycles. The highest BCUT2D eigenvalue weighted by atomic mass is 16.3. The number of carbonyl (C=O) groups is 1. The predicted octanol–water partition coefficient (Wildman–Crippen LogP) is 1.94. The molecular weight excluding hydrogens is 254 g/mol. The van der Waals surface area contributed by atoms with E-state index >= 15 is 0 Å². The van der Waals surface area contributed by atoms with Crippen molar-refractivity contribution in [2.75, 3.05) is 18.5 Å². The second-order valence-corrected chi connectivity index (χ2v) is 5.55. The number of nitrogens with one attached hydrogen (secondary N) is 1. The summed E-state index contributed by atoms with van der Waals surface area (Å²) in [6.07, 6.45) is 0.933. The number of likely N-dealkylation sites (tertiary alicyclic amines) is 1. The monoisotopic (exact) mass is 277 g/mol. The van der Waals surface area contributed by atoms with Crippen LogP contribution in [0.25, 0.3) is 0 Å². The van der Waals surface area contributed by atoms with E-state index in [1.54, 1.807) is 4.90 Å². The molecule has 1 aromatic rings. The Morgan fingerprint density at radius 3 is 2.70 bits per heavy atom. The third kappa shape index (κ3) is 3.11. The van der Waals surface area contributed by atoms with Crippen LogP contribution in [-0.4, -0.2) is 35.2 Å². The van der Waals surface area contributed by atoms with Gasteiger partial charge in [-0.25, -0.2) is 4.79 Å². The van der Waals surface area contributed by atoms with Crippen molar-refractivity contribution in [2.45, 2.75) is 32.4 Å². The summed E-state index contributed by atoms with van der Waals surface area (Å²) in [6.45, 7) is 4.69. The second-order valence-electron chi connectivity index (χ2n) is 5.55. The van der Waals surface area contributed by atoms with Gasteiger partial charge in [0, 0.05) is 18.3 Å². The van der Waals surface area contributed by atoms with E-state index in [4.69, 9.17) is 5.73 Å². The molecule has 20 heavy (non-hydrogen) atoms. The van der Waals surface area contributed by atoms with Gasteiger partial charge in [-0.2, -0.15) is 0 Å². The lowest BCUT2D eigenvalue weighted by Crippen LogP contribution is -2.42. The van der Waals surface area contributed by atoms with E-state index in [1.165, 1.54) is 0 Å². The number of hydrogen-bond donors (Lipinski definition) is 3. The van der Waals surface area contributed by atoms with Gasteiger partial charge in [-0.05, 0) is 37.0 Å². The van der Waals surface area contributed by atoms with Crippen LogP contribution in [0.15, 0.2) is 24.3 Å². The molecule has 1 aromatic carbocycles. The Balaban J connectivity index is 2.01. The predicted molar refractivity (Wildman–Crippen MR) is 79.4 cm³/mol. The number of nitrogens with zero attached hydrogens (tertiary/aromatic N) is 1. The molecule has 2 rings (SSSR count). The number of amides is 2. The molecule has 5 nitrogen and oxygen atoms in total. The highest BCUT2D eigenvalue weighted by Crippen LogP contribution is 2.24. The first-order valence-corrected chi connectivity index (χ1v) is 7.07. The first kappa shape index (κ1) is 14.8. The molecular formula is C15H23N3O2. The van der Waals surface area contributed by atoms with Crippen LogP contribution >= 0.6 is 0 Å². The molecule has 3 atom stereocenters. The number of hydrogen-bond acceptors (Lipinski definition) is 3. The van der Waals surface area contributed by atoms with Crippen molar-refractivity contribution in [3.63, 3.8) is 0 Å². The van der Waals surface area contributed by atoms with Gasteiger partial charge >= 0.3 is 6.03 Å². The van der Waals surface area contributed by atoms with E-state index in [2.05, 4.69) is 12.2 Å². The average molecular weight is 277 g/mol. The molecule has 0 saturated carbocycles. The number of nitrogens with two attached hydrogens (primary N) is 1. The summed E-state index contributed by atoms with van der Waals surface area (Å²) in [6, 6.07) is 7.28. The minimum Gasteiger partial charge on any atom is -0.394 e. The van der Waals surface area contributed by atoms with E-state index in [1.807, 2.05) is 31.2 Å². The van der Waals surface area contributed by atoms with Gasteiger partial charge in [-0.3, -0.25) is 0 Å². The van der Waals surface area contributed by atoms with Crippen molar-refractivity contribution in [2.24, 2.45) is 11.7 Å². The van der Waals surface area contributed by atoms with Crippen molar-refractivity contribution in [1.29, 1.82) is 0 Å². The molecule has 0 bridgehead atoms. The number of rotatable bonds is 3. The number of aliphatic hydroxyl groups excluding tert-OH is 1. The molecule has 0 spiro atoms. The largest absolute Gasteiger partial charge is 0.394 e. The lowest BCUT2D eigenvalue weighted by molar-refractivity contribution is 0.152. The minimum absolute atomic E-state index is 0.0121. The third-order valence-electron chi connectivity index (χ3n) is 4.02. The van der Waals surface area contributed by atoms with Crippen molar-refractivity contribution >= 4 is 11.7 Å². The Morgan fingerprint density at radius 2 is 2.15 bits per heavy atom. The van der Waals surface area contributed by atoms with Gasteiger partial charge in [0.1, 0.15) is 0 Å². The van der Waals surface area contributed by atoms with Crippen LogP contribution < -0.4 is 11.1 Å². The maximum atomic E-state index is 12.2. The average Bonchev–Trinajstić information content (AvgIpc) is 2.80. The number of carbonyl (C=O) groups excluding carboxylic acids is 1. The number of benzene rings is 1. The molecule has 110 valence electrons. The fourth-order valence-corrected chi connectivity index (χ4v) is 2.60. The Hall–Kier alpha value is -1.59. The van der Waals surface area contributed by atoms with Crippen LogP contribution in [0.1, 0.15) is 31.9 Å². The van der Waals surface area contributed by atoms with Gasteiger partial charge in [0.05, 0.1) is 12.6 Å². The van der Waals surface area contributed by atoms with Crippen molar-refractivity contribution in [3.8, 4) is 0 Å². The van der Waals surface area contributed by atoms with Gasteiger partial charge in [-0.1, -0.05) is 19.1 Å². The first-order valence-electron chi connectivity index (χ1n) is 7.07. The molecule has 0 aliphatic carbocycles. The zero-order valence-electron chi connectivity index (χ0n) is 12.0. The summed E-state index contributed by atoms with van der Waals surface area (Å²) in [7, 11) is 0. The second kappa shape index (κ2) is 6.24. The lowest BCUT2D eigenvalue weighted by atomic mass is 10.0. The molecule has 4 N–H and O–H groups in total. The van der Waals surface area contributed by atoms with Crippen molar-refractivity contribution in [3.05, 3.63) is 29.8 Å². The van der Waals surface area contributed by atoms with E-state index < -0.39 is 0 Å². The van der Waals surface area contributed by atoms with Gasteiger partial charge in [0.2, 0.25) is 0 Å². The van der Waals surface area contributed by atoms with E-state index in [0.717, 1.165) is 17.7 Å². The fraction of sp³-hybridized carbons (Fsp3) is 0.533. The Kier molecular flexibility index (Phi) is 4.62. The maximum Gasteiger partial charge on any atom is 0.322 e. The van der Waals surface area contributed by atoms with E-state index in [0.29, 0.717) is 12.5 Å². The quantitative estimate of drug-likeness (QED) is 0.790. The molecule has 1 aliphatic rings. The van der Waals surface area contributed by atoms with Crippen molar-refractivity contribution < 1.29 is 9.90 Å². The van der Waals surface area contributed by atoms with Crippen LogP contribution in [0.3, 0.4) is 0 Å². The Bertz CT molecular complexity index is 459. The molecule has 1 heterocycles. The first-order chi connectivity index (χ1) is 9.52. The summed E-state index contributed by atoms with van der Waals surface area (Å²) < 4.78 is 0. The highest BCUT2D eigenvalue weighted by Gasteiger charge is 2.33. The molecule has 0 aromatic heterocycles. The number of urea groups is 1. The zero-order chi connectivity index (χ0) is 14.7. The van der Waals surface area contributed by atoms with Gasteiger partial charge in [-0.15, -0.1) is 0 Å². The van der Waals surface area contributed by atoms with Gasteiger partial charge < -0.3 is 21.1 Å². The minimum atomic E-state index is -0.151. The van der Waals surface area contributed by atoms with Crippen LogP contribution in [0.4, 0.5) is 10.5 Å². The normalized spacial score (nSPS) is 23.7. The SMILES string of the molecule is CC(N)c1ccc(NC(=O)N2CCC(C)C2CO)cc1. The van der Waals surface area contributed by atoms with Crippen molar-refractivity contribution in [1.82, 2.24) is 4.90 Å². The topological polar surface area (TPSA) is 78.6 Å². The third-order valence-corrected chi connectivity index (χ3v) is 4.02. The smallest absolute Gasteiger partial charge is 0.322 e. The summed E-state index contributed by atoms with van der Waals surface area (Å²) in [4.78, 5) is 13.9. The summed E-state index contributed by atoms with van der Waals surface area (Å²) in [5.74, 6) is 0.339. The van der Waals surface area contributed by atoms with Gasteiger partial charge in [0.15, 0.2) is 0 Å². The fourth-order valence-electron chi connectivity index (χ4n) is 2.60. The highest BCUT2D eigenvalue weighted by molar-refractivity contribution is 5.89. The van der Waals surface area contributed by atoms with Crippen LogP contribution in [0.5, 0.6) is 0 Å². The summed E-state index contributed by atoms with van der Waals surface area (Å²) in [5.41, 5.74) is 7.57. The van der Waals surface area contributed by atoms with E-state index in [-0.39, 0.29) is 24.7 Å². The number of anilines is 1.